The maximum absolute atomic E-state index is 12.6. The number of hydrogen-bond acceptors (Lipinski definition) is 5. The number of rotatable bonds is 6. The van der Waals surface area contributed by atoms with Crippen molar-refractivity contribution in [3.05, 3.63) is 40.7 Å². The highest BCUT2D eigenvalue weighted by Crippen LogP contribution is 2.33. The normalized spacial score (nSPS) is 17.0. The predicted molar refractivity (Wildman–Crippen MR) is 99.3 cm³/mol. The van der Waals surface area contributed by atoms with Crippen LogP contribution in [0.1, 0.15) is 33.9 Å². The van der Waals surface area contributed by atoms with Gasteiger partial charge in [-0.05, 0) is 37.8 Å². The molecule has 2 aromatic rings. The minimum absolute atomic E-state index is 0.00564. The highest BCUT2D eigenvalue weighted by Gasteiger charge is 2.35. The van der Waals surface area contributed by atoms with Crippen LogP contribution >= 0.6 is 11.3 Å². The number of thiazole rings is 1. The molecule has 0 unspecified atom stereocenters. The van der Waals surface area contributed by atoms with Gasteiger partial charge in [0.25, 0.3) is 5.91 Å². The number of amides is 3. The number of hydrogen-bond donors (Lipinski definition) is 1. The lowest BCUT2D eigenvalue weighted by atomic mass is 10.3. The summed E-state index contributed by atoms with van der Waals surface area (Å²) >= 11 is 1.28. The van der Waals surface area contributed by atoms with Crippen LogP contribution in [0.2, 0.25) is 0 Å². The molecule has 0 atom stereocenters. The standard InChI is InChI=1S/C18H21N5O2S/c1-12-15(16(24)20-10-14-4-2-3-7-19-14)26-17(21-12)23-9-8-22(18(23)25)11-13-5-6-13/h2-4,7,13H,5-6,8-11H2,1H3,(H,20,24). The van der Waals surface area contributed by atoms with Crippen LogP contribution in [-0.4, -0.2) is 46.4 Å². The summed E-state index contributed by atoms with van der Waals surface area (Å²) < 4.78 is 0. The molecule has 1 aliphatic heterocycles. The van der Waals surface area contributed by atoms with Gasteiger partial charge in [0.2, 0.25) is 0 Å². The fourth-order valence-electron chi connectivity index (χ4n) is 3.00. The van der Waals surface area contributed by atoms with Gasteiger partial charge < -0.3 is 10.2 Å². The minimum Gasteiger partial charge on any atom is -0.346 e. The summed E-state index contributed by atoms with van der Waals surface area (Å²) in [6.07, 6.45) is 4.14. The number of nitrogens with one attached hydrogen (secondary N) is 1. The van der Waals surface area contributed by atoms with Gasteiger partial charge in [0.15, 0.2) is 5.13 Å². The first-order chi connectivity index (χ1) is 12.6. The highest BCUT2D eigenvalue weighted by atomic mass is 32.1. The lowest BCUT2D eigenvalue weighted by Crippen LogP contribution is -2.33. The van der Waals surface area contributed by atoms with E-state index in [1.807, 2.05) is 23.1 Å². The second-order valence-electron chi connectivity index (χ2n) is 6.74. The molecule has 1 aliphatic carbocycles. The van der Waals surface area contributed by atoms with Crippen LogP contribution < -0.4 is 10.2 Å². The maximum atomic E-state index is 12.6. The molecular weight excluding hydrogens is 350 g/mol. The number of aryl methyl sites for hydroxylation is 1. The van der Waals surface area contributed by atoms with E-state index in [-0.39, 0.29) is 11.9 Å². The van der Waals surface area contributed by atoms with E-state index in [9.17, 15) is 9.59 Å². The smallest absolute Gasteiger partial charge is 0.326 e. The average Bonchev–Trinajstić information content (AvgIpc) is 3.28. The molecule has 2 aliphatic rings. The Labute approximate surface area is 156 Å². The molecule has 136 valence electrons. The van der Waals surface area contributed by atoms with Crippen LogP contribution in [-0.2, 0) is 6.54 Å². The maximum Gasteiger partial charge on any atom is 0.326 e. The molecule has 0 spiro atoms. The number of carbonyl (C=O) groups is 2. The van der Waals surface area contributed by atoms with Gasteiger partial charge in [0, 0.05) is 25.8 Å². The van der Waals surface area contributed by atoms with Gasteiger partial charge in [0.05, 0.1) is 17.9 Å². The topological polar surface area (TPSA) is 78.4 Å². The number of nitrogens with zero attached hydrogens (tertiary/aromatic N) is 4. The highest BCUT2D eigenvalue weighted by molar-refractivity contribution is 7.17. The predicted octanol–water partition coefficient (Wildman–Crippen LogP) is 2.43. The van der Waals surface area contributed by atoms with Crippen LogP contribution in [0.4, 0.5) is 9.93 Å². The third-order valence-electron chi connectivity index (χ3n) is 4.65. The van der Waals surface area contributed by atoms with Crippen molar-refractivity contribution >= 4 is 28.4 Å². The average molecular weight is 371 g/mol. The van der Waals surface area contributed by atoms with Gasteiger partial charge in [-0.3, -0.25) is 14.7 Å². The van der Waals surface area contributed by atoms with Crippen molar-refractivity contribution in [1.82, 2.24) is 20.2 Å². The molecule has 0 aromatic carbocycles. The summed E-state index contributed by atoms with van der Waals surface area (Å²) in [6.45, 7) is 4.38. The first-order valence-electron chi connectivity index (χ1n) is 8.84. The quantitative estimate of drug-likeness (QED) is 0.846. The van der Waals surface area contributed by atoms with E-state index in [1.54, 1.807) is 18.0 Å². The fraction of sp³-hybridized carbons (Fsp3) is 0.444. The lowest BCUT2D eigenvalue weighted by Gasteiger charge is -2.16. The largest absolute Gasteiger partial charge is 0.346 e. The molecule has 0 bridgehead atoms. The molecule has 8 heteroatoms. The molecule has 7 nitrogen and oxygen atoms in total. The zero-order valence-corrected chi connectivity index (χ0v) is 15.5. The van der Waals surface area contributed by atoms with E-state index in [0.29, 0.717) is 34.7 Å². The van der Waals surface area contributed by atoms with E-state index in [2.05, 4.69) is 15.3 Å². The summed E-state index contributed by atoms with van der Waals surface area (Å²) in [5.74, 6) is 0.489. The van der Waals surface area contributed by atoms with Gasteiger partial charge in [0.1, 0.15) is 4.88 Å². The summed E-state index contributed by atoms with van der Waals surface area (Å²) in [6, 6.07) is 5.59. The molecule has 1 saturated carbocycles. The fourth-order valence-corrected chi connectivity index (χ4v) is 4.01. The minimum atomic E-state index is -0.182. The summed E-state index contributed by atoms with van der Waals surface area (Å²) in [5.41, 5.74) is 1.45. The number of urea groups is 1. The third kappa shape index (κ3) is 3.55. The Hall–Kier alpha value is -2.48. The molecule has 3 amide bonds. The first-order valence-corrected chi connectivity index (χ1v) is 9.65. The van der Waals surface area contributed by atoms with E-state index < -0.39 is 0 Å². The van der Waals surface area contributed by atoms with Crippen molar-refractivity contribution in [3.63, 3.8) is 0 Å². The zero-order chi connectivity index (χ0) is 18.1. The van der Waals surface area contributed by atoms with E-state index in [1.165, 1.54) is 24.2 Å². The van der Waals surface area contributed by atoms with Crippen LogP contribution in [0.5, 0.6) is 0 Å². The van der Waals surface area contributed by atoms with Crippen molar-refractivity contribution < 1.29 is 9.59 Å². The first kappa shape index (κ1) is 17.0. The Kier molecular flexibility index (Phi) is 4.58. The van der Waals surface area contributed by atoms with Gasteiger partial charge in [-0.2, -0.15) is 0 Å². The Morgan fingerprint density at radius 1 is 1.35 bits per heavy atom. The SMILES string of the molecule is Cc1nc(N2CCN(CC3CC3)C2=O)sc1C(=O)NCc1ccccn1. The van der Waals surface area contributed by atoms with Gasteiger partial charge in [-0.25, -0.2) is 9.78 Å². The summed E-state index contributed by atoms with van der Waals surface area (Å²) in [7, 11) is 0. The second kappa shape index (κ2) is 7.03. The number of pyridine rings is 1. The molecule has 4 rings (SSSR count). The number of carbonyl (C=O) groups excluding carboxylic acids is 2. The Morgan fingerprint density at radius 2 is 2.19 bits per heavy atom. The molecule has 2 fully saturated rings. The van der Waals surface area contributed by atoms with Crippen LogP contribution in [0.25, 0.3) is 0 Å². The molecule has 1 N–H and O–H groups in total. The second-order valence-corrected chi connectivity index (χ2v) is 7.72. The lowest BCUT2D eigenvalue weighted by molar-refractivity contribution is 0.0953. The van der Waals surface area contributed by atoms with Gasteiger partial charge in [-0.15, -0.1) is 0 Å². The Balaban J connectivity index is 1.42. The van der Waals surface area contributed by atoms with Crippen molar-refractivity contribution in [2.45, 2.75) is 26.3 Å². The number of anilines is 1. The Morgan fingerprint density at radius 3 is 2.92 bits per heavy atom. The van der Waals surface area contributed by atoms with E-state index in [0.717, 1.165) is 18.8 Å². The summed E-state index contributed by atoms with van der Waals surface area (Å²) in [5, 5.41) is 3.47. The monoisotopic (exact) mass is 371 g/mol. The molecule has 0 radical (unpaired) electrons. The number of aromatic nitrogens is 2. The molecule has 26 heavy (non-hydrogen) atoms. The van der Waals surface area contributed by atoms with E-state index in [4.69, 9.17) is 0 Å². The molecule has 3 heterocycles. The van der Waals surface area contributed by atoms with Gasteiger partial charge >= 0.3 is 6.03 Å². The van der Waals surface area contributed by atoms with Crippen LogP contribution in [0, 0.1) is 12.8 Å². The van der Waals surface area contributed by atoms with Gasteiger partial charge in [-0.1, -0.05) is 17.4 Å². The molecule has 1 saturated heterocycles. The van der Waals surface area contributed by atoms with E-state index >= 15 is 0 Å². The van der Waals surface area contributed by atoms with Crippen molar-refractivity contribution in [3.8, 4) is 0 Å². The summed E-state index contributed by atoms with van der Waals surface area (Å²) in [4.78, 5) is 37.9. The van der Waals surface area contributed by atoms with Crippen molar-refractivity contribution in [2.75, 3.05) is 24.5 Å². The zero-order valence-electron chi connectivity index (χ0n) is 14.6. The Bertz CT molecular complexity index is 818. The molecular formula is C18H21N5O2S. The van der Waals surface area contributed by atoms with Crippen molar-refractivity contribution in [2.24, 2.45) is 5.92 Å². The van der Waals surface area contributed by atoms with Crippen LogP contribution in [0.3, 0.4) is 0 Å². The van der Waals surface area contributed by atoms with Crippen LogP contribution in [0.15, 0.2) is 24.4 Å². The van der Waals surface area contributed by atoms with Crippen molar-refractivity contribution in [1.29, 1.82) is 0 Å². The molecule has 2 aromatic heterocycles. The third-order valence-corrected chi connectivity index (χ3v) is 5.83.